The molecule has 0 bridgehead atoms. The normalized spacial score (nSPS) is 11.6. The first-order valence-corrected chi connectivity index (χ1v) is 7.91. The number of nitrogens with two attached hydrogens (primary N) is 1. The van der Waals surface area contributed by atoms with E-state index >= 15 is 0 Å². The summed E-state index contributed by atoms with van der Waals surface area (Å²) in [5.74, 6) is -0.543. The number of carbonyl (C=O) groups is 1. The Bertz CT molecular complexity index is 1000. The van der Waals surface area contributed by atoms with Crippen LogP contribution in [0.1, 0.15) is 29.8 Å². The number of benzene rings is 2. The second-order valence-electron chi connectivity index (χ2n) is 6.67. The van der Waals surface area contributed by atoms with Gasteiger partial charge in [0.05, 0.1) is 6.61 Å². The largest absolute Gasteiger partial charge is 0.423 e. The van der Waals surface area contributed by atoms with Crippen molar-refractivity contribution in [2.75, 3.05) is 6.61 Å². The molecule has 0 unspecified atom stereocenters. The summed E-state index contributed by atoms with van der Waals surface area (Å²) < 4.78 is 5.21. The minimum Gasteiger partial charge on any atom is -0.423 e. The fourth-order valence-corrected chi connectivity index (χ4v) is 2.75. The number of aliphatic hydroxyl groups excluding tert-OH is 1. The van der Waals surface area contributed by atoms with Crippen LogP contribution in [0.3, 0.4) is 0 Å². The second-order valence-corrected chi connectivity index (χ2v) is 6.67. The van der Waals surface area contributed by atoms with Crippen LogP contribution in [0.4, 0.5) is 0 Å². The lowest BCUT2D eigenvalue weighted by Gasteiger charge is -2.22. The minimum atomic E-state index is -0.543. The van der Waals surface area contributed by atoms with Gasteiger partial charge in [0.15, 0.2) is 0 Å². The molecule has 0 aliphatic heterocycles. The third kappa shape index (κ3) is 3.19. The third-order valence-corrected chi connectivity index (χ3v) is 4.40. The lowest BCUT2D eigenvalue weighted by atomic mass is 9.85. The molecule has 0 atom stereocenters. The molecule has 2 aromatic carbocycles. The molecule has 1 heterocycles. The summed E-state index contributed by atoms with van der Waals surface area (Å²) >= 11 is 0. The number of rotatable bonds is 4. The number of amides is 1. The van der Waals surface area contributed by atoms with Gasteiger partial charge in [-0.2, -0.15) is 0 Å². The molecular formula is C20H19NO4. The SMILES string of the molecule is CC(C)(CO)c1ccc(-c2cc(=O)oc3ccc(C(N)=O)cc23)cc1. The van der Waals surface area contributed by atoms with E-state index in [1.807, 2.05) is 38.1 Å². The van der Waals surface area contributed by atoms with Crippen LogP contribution in [0.15, 0.2) is 57.7 Å². The standard InChI is InChI=1S/C20H19NO4/c1-20(2,11-22)14-6-3-12(4-7-14)15-10-18(23)25-17-8-5-13(19(21)24)9-16(15)17/h3-10,22H,11H2,1-2H3,(H2,21,24). The molecule has 0 saturated carbocycles. The van der Waals surface area contributed by atoms with Crippen LogP contribution >= 0.6 is 0 Å². The summed E-state index contributed by atoms with van der Waals surface area (Å²) in [5, 5.41) is 10.1. The Kier molecular flexibility index (Phi) is 4.18. The van der Waals surface area contributed by atoms with Gasteiger partial charge in [-0.25, -0.2) is 4.79 Å². The maximum absolute atomic E-state index is 11.9. The Labute approximate surface area is 144 Å². The number of carbonyl (C=O) groups excluding carboxylic acids is 1. The van der Waals surface area contributed by atoms with Gasteiger partial charge < -0.3 is 15.3 Å². The third-order valence-electron chi connectivity index (χ3n) is 4.40. The molecule has 0 fully saturated rings. The molecule has 128 valence electrons. The van der Waals surface area contributed by atoms with Crippen LogP contribution < -0.4 is 11.4 Å². The number of hydrogen-bond donors (Lipinski definition) is 2. The van der Waals surface area contributed by atoms with Gasteiger partial charge in [0.2, 0.25) is 5.91 Å². The van der Waals surface area contributed by atoms with Crippen molar-refractivity contribution in [3.63, 3.8) is 0 Å². The van der Waals surface area contributed by atoms with Gasteiger partial charge in [-0.15, -0.1) is 0 Å². The zero-order valence-corrected chi connectivity index (χ0v) is 14.1. The van der Waals surface area contributed by atoms with Crippen molar-refractivity contribution in [1.82, 2.24) is 0 Å². The molecule has 3 N–H and O–H groups in total. The Morgan fingerprint density at radius 3 is 2.40 bits per heavy atom. The molecule has 5 heteroatoms. The van der Waals surface area contributed by atoms with E-state index in [1.165, 1.54) is 12.1 Å². The topological polar surface area (TPSA) is 93.5 Å². The molecule has 5 nitrogen and oxygen atoms in total. The summed E-state index contributed by atoms with van der Waals surface area (Å²) in [7, 11) is 0. The first-order valence-electron chi connectivity index (χ1n) is 7.91. The van der Waals surface area contributed by atoms with E-state index in [4.69, 9.17) is 10.2 Å². The van der Waals surface area contributed by atoms with E-state index in [0.29, 0.717) is 22.1 Å². The zero-order chi connectivity index (χ0) is 18.2. The predicted molar refractivity (Wildman–Crippen MR) is 96.5 cm³/mol. The fourth-order valence-electron chi connectivity index (χ4n) is 2.75. The smallest absolute Gasteiger partial charge is 0.336 e. The summed E-state index contributed by atoms with van der Waals surface area (Å²) in [6.07, 6.45) is 0. The van der Waals surface area contributed by atoms with E-state index in [2.05, 4.69) is 0 Å². The highest BCUT2D eigenvalue weighted by atomic mass is 16.4. The molecule has 1 amide bonds. The van der Waals surface area contributed by atoms with Crippen LogP contribution in [0.2, 0.25) is 0 Å². The monoisotopic (exact) mass is 337 g/mol. The summed E-state index contributed by atoms with van der Waals surface area (Å²) in [6.45, 7) is 3.94. The Hall–Kier alpha value is -2.92. The fraction of sp³-hybridized carbons (Fsp3) is 0.200. The van der Waals surface area contributed by atoms with Crippen LogP contribution in [0.25, 0.3) is 22.1 Å². The van der Waals surface area contributed by atoms with Gasteiger partial charge in [0, 0.05) is 22.4 Å². The van der Waals surface area contributed by atoms with E-state index in [-0.39, 0.29) is 12.0 Å². The number of hydrogen-bond acceptors (Lipinski definition) is 4. The quantitative estimate of drug-likeness (QED) is 0.716. The van der Waals surface area contributed by atoms with E-state index in [1.54, 1.807) is 12.1 Å². The molecule has 0 radical (unpaired) electrons. The molecule has 0 aliphatic rings. The van der Waals surface area contributed by atoms with E-state index in [9.17, 15) is 14.7 Å². The van der Waals surface area contributed by atoms with Crippen LogP contribution in [0.5, 0.6) is 0 Å². The van der Waals surface area contributed by atoms with Crippen molar-refractivity contribution in [2.45, 2.75) is 19.3 Å². The van der Waals surface area contributed by atoms with Crippen molar-refractivity contribution < 1.29 is 14.3 Å². The van der Waals surface area contributed by atoms with Crippen molar-refractivity contribution in [3.05, 3.63) is 70.1 Å². The summed E-state index contributed by atoms with van der Waals surface area (Å²) in [5.41, 5.74) is 7.75. The summed E-state index contributed by atoms with van der Waals surface area (Å²) in [6, 6.07) is 13.7. The van der Waals surface area contributed by atoms with E-state index in [0.717, 1.165) is 11.1 Å². The number of aliphatic hydroxyl groups is 1. The second kappa shape index (κ2) is 6.18. The summed E-state index contributed by atoms with van der Waals surface area (Å²) in [4.78, 5) is 23.3. The molecule has 0 spiro atoms. The highest BCUT2D eigenvalue weighted by Gasteiger charge is 2.19. The maximum atomic E-state index is 11.9. The molecule has 3 aromatic rings. The van der Waals surface area contributed by atoms with Gasteiger partial charge in [-0.1, -0.05) is 38.1 Å². The van der Waals surface area contributed by atoms with Gasteiger partial charge in [-0.05, 0) is 34.9 Å². The van der Waals surface area contributed by atoms with Gasteiger partial charge in [0.25, 0.3) is 0 Å². The van der Waals surface area contributed by atoms with Crippen molar-refractivity contribution in [3.8, 4) is 11.1 Å². The maximum Gasteiger partial charge on any atom is 0.336 e. The zero-order valence-electron chi connectivity index (χ0n) is 14.1. The first-order chi connectivity index (χ1) is 11.8. The van der Waals surface area contributed by atoms with Crippen molar-refractivity contribution >= 4 is 16.9 Å². The molecule has 0 saturated heterocycles. The van der Waals surface area contributed by atoms with Gasteiger partial charge >= 0.3 is 5.63 Å². The highest BCUT2D eigenvalue weighted by Crippen LogP contribution is 2.30. The number of primary amides is 1. The lowest BCUT2D eigenvalue weighted by Crippen LogP contribution is -2.21. The molecule has 25 heavy (non-hydrogen) atoms. The van der Waals surface area contributed by atoms with Crippen LogP contribution in [0, 0.1) is 0 Å². The molecular weight excluding hydrogens is 318 g/mol. The predicted octanol–water partition coefficient (Wildman–Crippen LogP) is 2.83. The Morgan fingerprint density at radius 1 is 1.12 bits per heavy atom. The molecule has 1 aromatic heterocycles. The first kappa shape index (κ1) is 16.9. The minimum absolute atomic E-state index is 0.0339. The average molecular weight is 337 g/mol. The van der Waals surface area contributed by atoms with Crippen molar-refractivity contribution in [2.24, 2.45) is 5.73 Å². The molecule has 0 aliphatic carbocycles. The lowest BCUT2D eigenvalue weighted by molar-refractivity contribution is 0.100. The van der Waals surface area contributed by atoms with Crippen LogP contribution in [-0.4, -0.2) is 17.6 Å². The Balaban J connectivity index is 2.19. The van der Waals surface area contributed by atoms with E-state index < -0.39 is 11.5 Å². The van der Waals surface area contributed by atoms with Gasteiger partial charge in [0.1, 0.15) is 5.58 Å². The van der Waals surface area contributed by atoms with Gasteiger partial charge in [-0.3, -0.25) is 4.79 Å². The van der Waals surface area contributed by atoms with Crippen LogP contribution in [-0.2, 0) is 5.41 Å². The van der Waals surface area contributed by atoms with Crippen molar-refractivity contribution in [1.29, 1.82) is 0 Å². The number of fused-ring (bicyclic) bond motifs is 1. The average Bonchev–Trinajstić information content (AvgIpc) is 2.60. The Morgan fingerprint density at radius 2 is 1.80 bits per heavy atom. The molecule has 3 rings (SSSR count). The highest BCUT2D eigenvalue weighted by molar-refractivity contribution is 6.00.